The molecule has 3 aromatic rings. The first-order valence-corrected chi connectivity index (χ1v) is 11.6. The summed E-state index contributed by atoms with van der Waals surface area (Å²) >= 11 is 0. The smallest absolute Gasteiger partial charge is 0.257 e. The molecule has 0 radical (unpaired) electrons. The zero-order valence-corrected chi connectivity index (χ0v) is 18.2. The molecule has 2 aromatic carbocycles. The van der Waals surface area contributed by atoms with Crippen LogP contribution in [0.2, 0.25) is 0 Å². The van der Waals surface area contributed by atoms with Crippen molar-refractivity contribution in [1.82, 2.24) is 14.4 Å². The van der Waals surface area contributed by atoms with Crippen LogP contribution in [0.5, 0.6) is 0 Å². The van der Waals surface area contributed by atoms with E-state index in [-0.39, 0.29) is 10.8 Å². The van der Waals surface area contributed by atoms with Crippen molar-refractivity contribution in [2.45, 2.75) is 31.6 Å². The lowest BCUT2D eigenvalue weighted by atomic mass is 10.0. The number of carbonyl (C=O) groups excluding carboxylic acids is 1. The summed E-state index contributed by atoms with van der Waals surface area (Å²) in [5.41, 5.74) is 1.70. The van der Waals surface area contributed by atoms with Crippen LogP contribution in [0, 0.1) is 12.8 Å². The molecule has 1 fully saturated rings. The number of aromatic nitrogens is 2. The van der Waals surface area contributed by atoms with E-state index in [0.717, 1.165) is 18.4 Å². The first-order chi connectivity index (χ1) is 14.8. The second-order valence-corrected chi connectivity index (χ2v) is 9.73. The van der Waals surface area contributed by atoms with Gasteiger partial charge in [0.1, 0.15) is 0 Å². The van der Waals surface area contributed by atoms with Gasteiger partial charge in [0.25, 0.3) is 11.8 Å². The number of hydrogen-bond acceptors (Lipinski definition) is 6. The van der Waals surface area contributed by atoms with Gasteiger partial charge in [0.2, 0.25) is 10.0 Å². The van der Waals surface area contributed by atoms with Crippen LogP contribution >= 0.6 is 0 Å². The predicted octanol–water partition coefficient (Wildman–Crippen LogP) is 3.72. The van der Waals surface area contributed by atoms with E-state index in [4.69, 9.17) is 4.52 Å². The van der Waals surface area contributed by atoms with E-state index in [2.05, 4.69) is 22.4 Å². The SMILES string of the molecule is Cc1noc(-c2ccc(C(=O)Nc3ccc(S(=O)(=O)N4CCC(C)CC4)cc3)cc2)n1. The maximum absolute atomic E-state index is 12.8. The molecule has 1 aliphatic heterocycles. The highest BCUT2D eigenvalue weighted by molar-refractivity contribution is 7.89. The van der Waals surface area contributed by atoms with E-state index in [1.807, 2.05) is 0 Å². The Morgan fingerprint density at radius 3 is 2.29 bits per heavy atom. The molecule has 0 unspecified atom stereocenters. The number of hydrogen-bond donors (Lipinski definition) is 1. The van der Waals surface area contributed by atoms with Gasteiger partial charge in [-0.1, -0.05) is 12.1 Å². The fraction of sp³-hybridized carbons (Fsp3) is 0.318. The molecule has 4 rings (SSSR count). The van der Waals surface area contributed by atoms with E-state index in [0.29, 0.717) is 42.0 Å². The molecule has 9 heteroatoms. The topological polar surface area (TPSA) is 105 Å². The highest BCUT2D eigenvalue weighted by atomic mass is 32.2. The maximum Gasteiger partial charge on any atom is 0.257 e. The number of amides is 1. The van der Waals surface area contributed by atoms with Gasteiger partial charge in [-0.15, -0.1) is 0 Å². The predicted molar refractivity (Wildman–Crippen MR) is 116 cm³/mol. The fourth-order valence-corrected chi connectivity index (χ4v) is 4.94. The van der Waals surface area contributed by atoms with Gasteiger partial charge in [-0.3, -0.25) is 4.79 Å². The number of aryl methyl sites for hydroxylation is 1. The maximum atomic E-state index is 12.8. The standard InChI is InChI=1S/C22H24N4O4S/c1-15-11-13-26(14-12-15)31(28,29)20-9-7-19(8-10-20)24-21(27)17-3-5-18(6-4-17)22-23-16(2)25-30-22/h3-10,15H,11-14H2,1-2H3,(H,24,27). The summed E-state index contributed by atoms with van der Waals surface area (Å²) in [4.78, 5) is 16.9. The van der Waals surface area contributed by atoms with Gasteiger partial charge in [-0.2, -0.15) is 9.29 Å². The number of benzene rings is 2. The average Bonchev–Trinajstić information content (AvgIpc) is 3.21. The van der Waals surface area contributed by atoms with E-state index < -0.39 is 10.0 Å². The van der Waals surface area contributed by atoms with Crippen LogP contribution < -0.4 is 5.32 Å². The average molecular weight is 441 g/mol. The van der Waals surface area contributed by atoms with Crippen molar-refractivity contribution in [2.24, 2.45) is 5.92 Å². The zero-order chi connectivity index (χ0) is 22.0. The molecule has 31 heavy (non-hydrogen) atoms. The Kier molecular flexibility index (Phi) is 5.88. The third-order valence-electron chi connectivity index (χ3n) is 5.41. The Labute approximate surface area is 181 Å². The lowest BCUT2D eigenvalue weighted by Crippen LogP contribution is -2.37. The van der Waals surface area contributed by atoms with Gasteiger partial charge >= 0.3 is 0 Å². The molecule has 1 amide bonds. The number of anilines is 1. The van der Waals surface area contributed by atoms with Crippen LogP contribution in [-0.4, -0.2) is 41.9 Å². The molecule has 0 bridgehead atoms. The summed E-state index contributed by atoms with van der Waals surface area (Å²) in [6, 6.07) is 13.1. The molecule has 1 saturated heterocycles. The Balaban J connectivity index is 1.42. The molecule has 1 aliphatic rings. The number of piperidine rings is 1. The molecule has 162 valence electrons. The number of carbonyl (C=O) groups is 1. The largest absolute Gasteiger partial charge is 0.334 e. The monoisotopic (exact) mass is 440 g/mol. The van der Waals surface area contributed by atoms with Crippen LogP contribution in [0.1, 0.15) is 35.9 Å². The van der Waals surface area contributed by atoms with Crippen molar-refractivity contribution in [3.63, 3.8) is 0 Å². The minimum atomic E-state index is -3.51. The molecule has 1 aromatic heterocycles. The van der Waals surface area contributed by atoms with Crippen LogP contribution in [0.3, 0.4) is 0 Å². The molecule has 8 nitrogen and oxygen atoms in total. The molecular formula is C22H24N4O4S. The normalized spacial score (nSPS) is 15.7. The number of sulfonamides is 1. The van der Waals surface area contributed by atoms with Crippen LogP contribution in [-0.2, 0) is 10.0 Å². The fourth-order valence-electron chi connectivity index (χ4n) is 3.47. The van der Waals surface area contributed by atoms with Gasteiger partial charge in [-0.05, 0) is 74.2 Å². The van der Waals surface area contributed by atoms with E-state index in [1.54, 1.807) is 43.3 Å². The second kappa shape index (κ2) is 8.60. The van der Waals surface area contributed by atoms with Gasteiger partial charge < -0.3 is 9.84 Å². The Bertz CT molecular complexity index is 1160. The van der Waals surface area contributed by atoms with Gasteiger partial charge in [0.15, 0.2) is 5.82 Å². The first kappa shape index (κ1) is 21.2. The van der Waals surface area contributed by atoms with Crippen LogP contribution in [0.25, 0.3) is 11.5 Å². The molecule has 0 atom stereocenters. The second-order valence-electron chi connectivity index (χ2n) is 7.79. The van der Waals surface area contributed by atoms with E-state index >= 15 is 0 Å². The summed E-state index contributed by atoms with van der Waals surface area (Å²) in [7, 11) is -3.51. The molecular weight excluding hydrogens is 416 g/mol. The molecule has 0 aliphatic carbocycles. The highest BCUT2D eigenvalue weighted by Crippen LogP contribution is 2.24. The number of nitrogens with one attached hydrogen (secondary N) is 1. The molecule has 0 saturated carbocycles. The van der Waals surface area contributed by atoms with Gasteiger partial charge in [0.05, 0.1) is 4.90 Å². The Hall–Kier alpha value is -3.04. The van der Waals surface area contributed by atoms with Gasteiger partial charge in [-0.25, -0.2) is 8.42 Å². The Morgan fingerprint density at radius 2 is 1.71 bits per heavy atom. The lowest BCUT2D eigenvalue weighted by Gasteiger charge is -2.29. The third-order valence-corrected chi connectivity index (χ3v) is 7.33. The van der Waals surface area contributed by atoms with E-state index in [9.17, 15) is 13.2 Å². The summed E-state index contributed by atoms with van der Waals surface area (Å²) in [6.07, 6.45) is 1.75. The first-order valence-electron chi connectivity index (χ1n) is 10.2. The number of rotatable bonds is 5. The summed E-state index contributed by atoms with van der Waals surface area (Å²) < 4.78 is 32.3. The summed E-state index contributed by atoms with van der Waals surface area (Å²) in [5.74, 6) is 1.18. The highest BCUT2D eigenvalue weighted by Gasteiger charge is 2.27. The van der Waals surface area contributed by atoms with Crippen molar-refractivity contribution in [3.8, 4) is 11.5 Å². The quantitative estimate of drug-likeness (QED) is 0.648. The van der Waals surface area contributed by atoms with E-state index in [1.165, 1.54) is 16.4 Å². The minimum Gasteiger partial charge on any atom is -0.334 e. The zero-order valence-electron chi connectivity index (χ0n) is 17.4. The molecule has 0 spiro atoms. The summed E-state index contributed by atoms with van der Waals surface area (Å²) in [5, 5.41) is 6.54. The van der Waals surface area contributed by atoms with Crippen molar-refractivity contribution < 1.29 is 17.7 Å². The van der Waals surface area contributed by atoms with Crippen molar-refractivity contribution >= 4 is 21.6 Å². The Morgan fingerprint density at radius 1 is 1.06 bits per heavy atom. The lowest BCUT2D eigenvalue weighted by molar-refractivity contribution is 0.102. The van der Waals surface area contributed by atoms with Crippen molar-refractivity contribution in [1.29, 1.82) is 0 Å². The molecule has 1 N–H and O–H groups in total. The van der Waals surface area contributed by atoms with Crippen molar-refractivity contribution in [2.75, 3.05) is 18.4 Å². The number of nitrogens with zero attached hydrogens (tertiary/aromatic N) is 3. The summed E-state index contributed by atoms with van der Waals surface area (Å²) in [6.45, 7) is 4.96. The van der Waals surface area contributed by atoms with Crippen LogP contribution in [0.15, 0.2) is 57.9 Å². The van der Waals surface area contributed by atoms with Crippen molar-refractivity contribution in [3.05, 3.63) is 59.9 Å². The van der Waals surface area contributed by atoms with Crippen LogP contribution in [0.4, 0.5) is 5.69 Å². The minimum absolute atomic E-state index is 0.235. The molecule has 2 heterocycles. The van der Waals surface area contributed by atoms with Gasteiger partial charge in [0, 0.05) is 29.9 Å². The third kappa shape index (κ3) is 4.67.